The first-order valence-corrected chi connectivity index (χ1v) is 10.8. The molecule has 1 N–H and O–H groups in total. The second kappa shape index (κ2) is 11.4. The van der Waals surface area contributed by atoms with Gasteiger partial charge in [0.15, 0.2) is 6.61 Å². The summed E-state index contributed by atoms with van der Waals surface area (Å²) in [6.45, 7) is 5.57. The Bertz CT molecular complexity index is 890. The van der Waals surface area contributed by atoms with E-state index in [0.29, 0.717) is 27.2 Å². The van der Waals surface area contributed by atoms with Crippen LogP contribution in [-0.2, 0) is 16.1 Å². The molecule has 0 saturated heterocycles. The SMILES string of the molecule is CCC(C(=O)NC(C)C)N(Cc1ccc(Cl)c(Cl)c1)C(=O)COc1cccc(Cl)c1. The van der Waals surface area contributed by atoms with Gasteiger partial charge in [-0.2, -0.15) is 0 Å². The Balaban J connectivity index is 2.24. The summed E-state index contributed by atoms with van der Waals surface area (Å²) in [7, 11) is 0. The third-order valence-electron chi connectivity index (χ3n) is 4.31. The van der Waals surface area contributed by atoms with E-state index in [-0.39, 0.29) is 31.0 Å². The Morgan fingerprint density at radius 3 is 2.40 bits per heavy atom. The lowest BCUT2D eigenvalue weighted by molar-refractivity contribution is -0.143. The highest BCUT2D eigenvalue weighted by Gasteiger charge is 2.29. The number of halogens is 3. The van der Waals surface area contributed by atoms with Crippen LogP contribution in [0.25, 0.3) is 0 Å². The number of hydrogen-bond donors (Lipinski definition) is 1. The van der Waals surface area contributed by atoms with E-state index in [1.165, 1.54) is 4.90 Å². The molecule has 2 amide bonds. The highest BCUT2D eigenvalue weighted by Crippen LogP contribution is 2.24. The van der Waals surface area contributed by atoms with Gasteiger partial charge < -0.3 is 15.0 Å². The molecule has 0 aliphatic carbocycles. The fourth-order valence-electron chi connectivity index (χ4n) is 2.92. The van der Waals surface area contributed by atoms with Crippen LogP contribution in [0.2, 0.25) is 15.1 Å². The van der Waals surface area contributed by atoms with E-state index in [1.54, 1.807) is 42.5 Å². The maximum Gasteiger partial charge on any atom is 0.261 e. The molecule has 0 aliphatic heterocycles. The predicted octanol–water partition coefficient (Wildman–Crippen LogP) is 5.36. The van der Waals surface area contributed by atoms with E-state index in [0.717, 1.165) is 5.56 Å². The summed E-state index contributed by atoms with van der Waals surface area (Å²) in [4.78, 5) is 27.3. The Labute approximate surface area is 192 Å². The van der Waals surface area contributed by atoms with Crippen LogP contribution in [0.1, 0.15) is 32.8 Å². The third kappa shape index (κ3) is 7.08. The molecular weight excluding hydrogens is 447 g/mol. The van der Waals surface area contributed by atoms with Gasteiger partial charge in [0.1, 0.15) is 11.8 Å². The fourth-order valence-corrected chi connectivity index (χ4v) is 3.42. The largest absolute Gasteiger partial charge is 0.484 e. The third-order valence-corrected chi connectivity index (χ3v) is 5.29. The molecule has 1 atom stereocenters. The van der Waals surface area contributed by atoms with Gasteiger partial charge in [-0.1, -0.05) is 53.9 Å². The van der Waals surface area contributed by atoms with Crippen molar-refractivity contribution in [3.8, 4) is 5.75 Å². The number of ether oxygens (including phenoxy) is 1. The van der Waals surface area contributed by atoms with E-state index < -0.39 is 6.04 Å². The highest BCUT2D eigenvalue weighted by molar-refractivity contribution is 6.42. The minimum atomic E-state index is -0.655. The van der Waals surface area contributed by atoms with Gasteiger partial charge in [0.25, 0.3) is 5.91 Å². The zero-order valence-corrected chi connectivity index (χ0v) is 19.4. The van der Waals surface area contributed by atoms with Crippen LogP contribution in [0.5, 0.6) is 5.75 Å². The van der Waals surface area contributed by atoms with E-state index in [2.05, 4.69) is 5.32 Å². The quantitative estimate of drug-likeness (QED) is 0.536. The van der Waals surface area contributed by atoms with Gasteiger partial charge >= 0.3 is 0 Å². The number of nitrogens with zero attached hydrogens (tertiary/aromatic N) is 1. The maximum absolute atomic E-state index is 13.1. The van der Waals surface area contributed by atoms with Crippen LogP contribution in [0.15, 0.2) is 42.5 Å². The van der Waals surface area contributed by atoms with Crippen molar-refractivity contribution in [2.45, 2.75) is 45.8 Å². The molecule has 0 spiro atoms. The average Bonchev–Trinajstić information content (AvgIpc) is 2.68. The molecular formula is C22H25Cl3N2O3. The first-order valence-electron chi connectivity index (χ1n) is 9.63. The van der Waals surface area contributed by atoms with E-state index in [9.17, 15) is 9.59 Å². The molecule has 2 aromatic rings. The van der Waals surface area contributed by atoms with Crippen molar-refractivity contribution in [1.29, 1.82) is 0 Å². The molecule has 0 aliphatic rings. The van der Waals surface area contributed by atoms with Crippen molar-refractivity contribution in [3.63, 3.8) is 0 Å². The first-order chi connectivity index (χ1) is 14.2. The maximum atomic E-state index is 13.1. The summed E-state index contributed by atoms with van der Waals surface area (Å²) in [5, 5.41) is 4.20. The first kappa shape index (κ1) is 24.3. The molecule has 0 aromatic heterocycles. The summed E-state index contributed by atoms with van der Waals surface area (Å²) in [6.07, 6.45) is 0.447. The van der Waals surface area contributed by atoms with Gasteiger partial charge in [0, 0.05) is 17.6 Å². The molecule has 5 nitrogen and oxygen atoms in total. The lowest BCUT2D eigenvalue weighted by Gasteiger charge is -2.31. The average molecular weight is 472 g/mol. The number of carbonyl (C=O) groups is 2. The molecule has 2 rings (SSSR count). The molecule has 0 bridgehead atoms. The Kier molecular flexibility index (Phi) is 9.28. The van der Waals surface area contributed by atoms with Crippen LogP contribution in [0.3, 0.4) is 0 Å². The smallest absolute Gasteiger partial charge is 0.261 e. The van der Waals surface area contributed by atoms with Gasteiger partial charge in [-0.3, -0.25) is 9.59 Å². The normalized spacial score (nSPS) is 11.8. The predicted molar refractivity (Wildman–Crippen MR) is 121 cm³/mol. The monoisotopic (exact) mass is 470 g/mol. The zero-order valence-electron chi connectivity index (χ0n) is 17.1. The summed E-state index contributed by atoms with van der Waals surface area (Å²) in [6, 6.07) is 11.2. The Hall–Kier alpha value is -1.95. The van der Waals surface area contributed by atoms with Crippen molar-refractivity contribution >= 4 is 46.6 Å². The van der Waals surface area contributed by atoms with Crippen molar-refractivity contribution in [3.05, 3.63) is 63.1 Å². The van der Waals surface area contributed by atoms with Gasteiger partial charge in [-0.15, -0.1) is 0 Å². The number of nitrogens with one attached hydrogen (secondary N) is 1. The van der Waals surface area contributed by atoms with Crippen LogP contribution in [0.4, 0.5) is 0 Å². The van der Waals surface area contributed by atoms with Crippen LogP contribution >= 0.6 is 34.8 Å². The van der Waals surface area contributed by atoms with E-state index in [4.69, 9.17) is 39.5 Å². The highest BCUT2D eigenvalue weighted by atomic mass is 35.5. The summed E-state index contributed by atoms with van der Waals surface area (Å²) >= 11 is 18.1. The summed E-state index contributed by atoms with van der Waals surface area (Å²) < 4.78 is 5.61. The molecule has 30 heavy (non-hydrogen) atoms. The number of carbonyl (C=O) groups excluding carboxylic acids is 2. The molecule has 0 heterocycles. The van der Waals surface area contributed by atoms with Crippen molar-refractivity contribution in [2.75, 3.05) is 6.61 Å². The van der Waals surface area contributed by atoms with Crippen molar-refractivity contribution in [2.24, 2.45) is 0 Å². The second-order valence-corrected chi connectivity index (χ2v) is 8.35. The minimum Gasteiger partial charge on any atom is -0.484 e. The second-order valence-electron chi connectivity index (χ2n) is 7.10. The number of hydrogen-bond acceptors (Lipinski definition) is 3. The van der Waals surface area contributed by atoms with Crippen molar-refractivity contribution in [1.82, 2.24) is 10.2 Å². The van der Waals surface area contributed by atoms with E-state index >= 15 is 0 Å². The lowest BCUT2D eigenvalue weighted by atomic mass is 10.1. The van der Waals surface area contributed by atoms with Crippen molar-refractivity contribution < 1.29 is 14.3 Å². The van der Waals surface area contributed by atoms with Gasteiger partial charge in [-0.05, 0) is 56.2 Å². The Morgan fingerprint density at radius 1 is 1.07 bits per heavy atom. The zero-order chi connectivity index (χ0) is 22.3. The molecule has 1 unspecified atom stereocenters. The van der Waals surface area contributed by atoms with Gasteiger partial charge in [-0.25, -0.2) is 0 Å². The molecule has 0 fully saturated rings. The van der Waals surface area contributed by atoms with Crippen LogP contribution < -0.4 is 10.1 Å². The number of benzene rings is 2. The van der Waals surface area contributed by atoms with E-state index in [1.807, 2.05) is 20.8 Å². The lowest BCUT2D eigenvalue weighted by Crippen LogP contribution is -2.51. The summed E-state index contributed by atoms with van der Waals surface area (Å²) in [5.74, 6) is -0.0690. The standard InChI is InChI=1S/C22H25Cl3N2O3/c1-4-20(22(29)26-14(2)3)27(12-15-8-9-18(24)19(25)10-15)21(28)13-30-17-7-5-6-16(23)11-17/h5-11,14,20H,4,12-13H2,1-3H3,(H,26,29). The molecule has 162 valence electrons. The van der Waals surface area contributed by atoms with Gasteiger partial charge in [0.05, 0.1) is 10.0 Å². The number of rotatable bonds is 9. The van der Waals surface area contributed by atoms with Crippen LogP contribution in [-0.4, -0.2) is 35.4 Å². The number of amides is 2. The Morgan fingerprint density at radius 2 is 1.80 bits per heavy atom. The molecule has 0 saturated carbocycles. The molecule has 8 heteroatoms. The molecule has 2 aromatic carbocycles. The fraction of sp³-hybridized carbons (Fsp3) is 0.364. The van der Waals surface area contributed by atoms with Crippen LogP contribution in [0, 0.1) is 0 Å². The van der Waals surface area contributed by atoms with Gasteiger partial charge in [0.2, 0.25) is 5.91 Å². The topological polar surface area (TPSA) is 58.6 Å². The summed E-state index contributed by atoms with van der Waals surface area (Å²) in [5.41, 5.74) is 0.760. The molecule has 0 radical (unpaired) electrons. The minimum absolute atomic E-state index is 0.0452.